The fourth-order valence-corrected chi connectivity index (χ4v) is 2.42. The standard InChI is InChI=1S/C13H23N3OS/c1-9(5-4-6-10(2)14)13(17)16-8-12-15-7-11(3)18-12/h7,9-10H,4-6,8,14H2,1-3H3,(H,16,17). The van der Waals surface area contributed by atoms with E-state index < -0.39 is 0 Å². The molecule has 102 valence electrons. The van der Waals surface area contributed by atoms with E-state index in [1.165, 1.54) is 4.88 Å². The van der Waals surface area contributed by atoms with E-state index in [1.54, 1.807) is 11.3 Å². The van der Waals surface area contributed by atoms with Crippen molar-refractivity contribution in [2.24, 2.45) is 11.7 Å². The van der Waals surface area contributed by atoms with Crippen molar-refractivity contribution >= 4 is 17.2 Å². The van der Waals surface area contributed by atoms with Gasteiger partial charge in [-0.3, -0.25) is 4.79 Å². The molecule has 1 amide bonds. The number of carbonyl (C=O) groups is 1. The maximum atomic E-state index is 11.8. The minimum Gasteiger partial charge on any atom is -0.349 e. The van der Waals surface area contributed by atoms with Crippen molar-refractivity contribution in [3.05, 3.63) is 16.1 Å². The number of thiazole rings is 1. The average molecular weight is 269 g/mol. The Bertz CT molecular complexity index is 376. The summed E-state index contributed by atoms with van der Waals surface area (Å²) in [5, 5.41) is 3.89. The van der Waals surface area contributed by atoms with Gasteiger partial charge in [0.2, 0.25) is 5.91 Å². The van der Waals surface area contributed by atoms with Crippen molar-refractivity contribution in [3.8, 4) is 0 Å². The van der Waals surface area contributed by atoms with E-state index in [1.807, 2.05) is 27.0 Å². The third-order valence-electron chi connectivity index (χ3n) is 2.83. The van der Waals surface area contributed by atoms with Crippen molar-refractivity contribution in [3.63, 3.8) is 0 Å². The predicted octanol–water partition coefficient (Wildman–Crippen LogP) is 2.22. The quantitative estimate of drug-likeness (QED) is 0.797. The van der Waals surface area contributed by atoms with Gasteiger partial charge in [-0.25, -0.2) is 4.98 Å². The van der Waals surface area contributed by atoms with Gasteiger partial charge in [0, 0.05) is 23.0 Å². The van der Waals surface area contributed by atoms with E-state index in [0.717, 1.165) is 24.3 Å². The molecule has 1 aromatic heterocycles. The van der Waals surface area contributed by atoms with Crippen molar-refractivity contribution in [1.82, 2.24) is 10.3 Å². The Morgan fingerprint density at radius 1 is 1.50 bits per heavy atom. The first-order chi connectivity index (χ1) is 8.49. The maximum absolute atomic E-state index is 11.8. The third-order valence-corrected chi connectivity index (χ3v) is 3.74. The molecule has 0 fully saturated rings. The molecule has 2 atom stereocenters. The number of nitrogens with one attached hydrogen (secondary N) is 1. The highest BCUT2D eigenvalue weighted by atomic mass is 32.1. The third kappa shape index (κ3) is 5.60. The second-order valence-electron chi connectivity index (χ2n) is 4.89. The molecule has 0 aliphatic carbocycles. The SMILES string of the molecule is Cc1cnc(CNC(=O)C(C)CCCC(C)N)s1. The molecule has 4 nitrogen and oxygen atoms in total. The molecular formula is C13H23N3OS. The molecule has 2 unspecified atom stereocenters. The van der Waals surface area contributed by atoms with E-state index >= 15 is 0 Å². The highest BCUT2D eigenvalue weighted by Crippen LogP contribution is 2.12. The summed E-state index contributed by atoms with van der Waals surface area (Å²) in [7, 11) is 0. The predicted molar refractivity (Wildman–Crippen MR) is 75.4 cm³/mol. The summed E-state index contributed by atoms with van der Waals surface area (Å²) in [6, 6.07) is 0.221. The lowest BCUT2D eigenvalue weighted by Gasteiger charge is -2.12. The van der Waals surface area contributed by atoms with Crippen LogP contribution in [0, 0.1) is 12.8 Å². The van der Waals surface area contributed by atoms with E-state index in [0.29, 0.717) is 6.54 Å². The fourth-order valence-electron chi connectivity index (χ4n) is 1.70. The molecule has 0 saturated heterocycles. The highest BCUT2D eigenvalue weighted by molar-refractivity contribution is 7.11. The van der Waals surface area contributed by atoms with Gasteiger partial charge in [-0.05, 0) is 26.7 Å². The molecule has 1 aromatic rings. The van der Waals surface area contributed by atoms with Crippen molar-refractivity contribution < 1.29 is 4.79 Å². The van der Waals surface area contributed by atoms with E-state index in [4.69, 9.17) is 5.73 Å². The Labute approximate surface area is 113 Å². The summed E-state index contributed by atoms with van der Waals surface area (Å²) in [5.74, 6) is 0.150. The van der Waals surface area contributed by atoms with Gasteiger partial charge < -0.3 is 11.1 Å². The van der Waals surface area contributed by atoms with Gasteiger partial charge in [-0.1, -0.05) is 13.3 Å². The summed E-state index contributed by atoms with van der Waals surface area (Å²) in [4.78, 5) is 17.2. The van der Waals surface area contributed by atoms with Crippen LogP contribution in [0.2, 0.25) is 0 Å². The molecule has 1 heterocycles. The normalized spacial score (nSPS) is 14.2. The first kappa shape index (κ1) is 15.1. The number of aromatic nitrogens is 1. The van der Waals surface area contributed by atoms with Crippen LogP contribution >= 0.6 is 11.3 Å². The molecule has 0 radical (unpaired) electrons. The minimum atomic E-state index is 0.0461. The van der Waals surface area contributed by atoms with Crippen LogP contribution in [-0.4, -0.2) is 16.9 Å². The van der Waals surface area contributed by atoms with Crippen molar-refractivity contribution in [2.45, 2.75) is 52.6 Å². The number of amides is 1. The van der Waals surface area contributed by atoms with Crippen LogP contribution in [0.3, 0.4) is 0 Å². The zero-order valence-corrected chi connectivity index (χ0v) is 12.2. The number of rotatable bonds is 7. The minimum absolute atomic E-state index is 0.0461. The molecule has 0 saturated carbocycles. The van der Waals surface area contributed by atoms with Crippen LogP contribution in [-0.2, 0) is 11.3 Å². The summed E-state index contributed by atoms with van der Waals surface area (Å²) in [5.41, 5.74) is 5.68. The largest absolute Gasteiger partial charge is 0.349 e. The van der Waals surface area contributed by atoms with E-state index in [2.05, 4.69) is 10.3 Å². The number of nitrogens with zero attached hydrogens (tertiary/aromatic N) is 1. The first-order valence-corrected chi connectivity index (χ1v) is 7.25. The molecule has 3 N–H and O–H groups in total. The molecule has 1 rings (SSSR count). The Balaban J connectivity index is 2.23. The molecule has 0 aliphatic rings. The van der Waals surface area contributed by atoms with Gasteiger partial charge in [0.15, 0.2) is 0 Å². The second-order valence-corrected chi connectivity index (χ2v) is 6.21. The number of hydrogen-bond acceptors (Lipinski definition) is 4. The van der Waals surface area contributed by atoms with Crippen molar-refractivity contribution in [2.75, 3.05) is 0 Å². The van der Waals surface area contributed by atoms with Gasteiger partial charge in [-0.15, -0.1) is 11.3 Å². The maximum Gasteiger partial charge on any atom is 0.223 e. The lowest BCUT2D eigenvalue weighted by atomic mass is 10.0. The Morgan fingerprint density at radius 3 is 2.78 bits per heavy atom. The van der Waals surface area contributed by atoms with Crippen LogP contribution in [0.1, 0.15) is 43.0 Å². The summed E-state index contributed by atoms with van der Waals surface area (Å²) in [6.45, 7) is 6.51. The van der Waals surface area contributed by atoms with Gasteiger partial charge in [0.05, 0.1) is 6.54 Å². The van der Waals surface area contributed by atoms with Gasteiger partial charge in [0.1, 0.15) is 5.01 Å². The van der Waals surface area contributed by atoms with Crippen LogP contribution in [0.4, 0.5) is 0 Å². The van der Waals surface area contributed by atoms with Crippen LogP contribution < -0.4 is 11.1 Å². The molecule has 0 aromatic carbocycles. The smallest absolute Gasteiger partial charge is 0.223 e. The molecule has 18 heavy (non-hydrogen) atoms. The number of nitrogens with two attached hydrogens (primary N) is 1. The van der Waals surface area contributed by atoms with Crippen LogP contribution in [0.5, 0.6) is 0 Å². The second kappa shape index (κ2) is 7.48. The Hall–Kier alpha value is -0.940. The lowest BCUT2D eigenvalue weighted by Crippen LogP contribution is -2.29. The van der Waals surface area contributed by atoms with Crippen molar-refractivity contribution in [1.29, 1.82) is 0 Å². The molecular weight excluding hydrogens is 246 g/mol. The van der Waals surface area contributed by atoms with Gasteiger partial charge >= 0.3 is 0 Å². The molecule has 0 spiro atoms. The average Bonchev–Trinajstić information content (AvgIpc) is 2.71. The summed E-state index contributed by atoms with van der Waals surface area (Å²) < 4.78 is 0. The lowest BCUT2D eigenvalue weighted by molar-refractivity contribution is -0.124. The number of aryl methyl sites for hydroxylation is 1. The van der Waals surface area contributed by atoms with E-state index in [9.17, 15) is 4.79 Å². The molecule has 0 aliphatic heterocycles. The first-order valence-electron chi connectivity index (χ1n) is 6.43. The highest BCUT2D eigenvalue weighted by Gasteiger charge is 2.12. The Kier molecular flexibility index (Phi) is 6.29. The monoisotopic (exact) mass is 269 g/mol. The van der Waals surface area contributed by atoms with Gasteiger partial charge in [0.25, 0.3) is 0 Å². The van der Waals surface area contributed by atoms with Crippen LogP contribution in [0.15, 0.2) is 6.20 Å². The Morgan fingerprint density at radius 2 is 2.22 bits per heavy atom. The summed E-state index contributed by atoms with van der Waals surface area (Å²) in [6.07, 6.45) is 4.70. The summed E-state index contributed by atoms with van der Waals surface area (Å²) >= 11 is 1.62. The zero-order valence-electron chi connectivity index (χ0n) is 11.4. The molecule has 0 bridgehead atoms. The van der Waals surface area contributed by atoms with Gasteiger partial charge in [-0.2, -0.15) is 0 Å². The topological polar surface area (TPSA) is 68.0 Å². The van der Waals surface area contributed by atoms with E-state index in [-0.39, 0.29) is 17.9 Å². The zero-order chi connectivity index (χ0) is 13.5. The number of hydrogen-bond donors (Lipinski definition) is 2. The van der Waals surface area contributed by atoms with Crippen LogP contribution in [0.25, 0.3) is 0 Å². The fraction of sp³-hybridized carbons (Fsp3) is 0.692. The number of carbonyl (C=O) groups excluding carboxylic acids is 1. The molecule has 5 heteroatoms.